The first-order chi connectivity index (χ1) is 8.58. The topological polar surface area (TPSA) is 77.2 Å². The number of hydrogen-bond donors (Lipinski definition) is 1. The predicted molar refractivity (Wildman–Crippen MR) is 67.5 cm³/mol. The van der Waals surface area contributed by atoms with Crippen LogP contribution in [-0.4, -0.2) is 22.1 Å². The van der Waals surface area contributed by atoms with Gasteiger partial charge in [0.05, 0.1) is 4.92 Å². The first kappa shape index (κ1) is 12.8. The summed E-state index contributed by atoms with van der Waals surface area (Å²) in [6.07, 6.45) is 4.05. The number of nitrogens with zero attached hydrogens (tertiary/aromatic N) is 2. The maximum Gasteiger partial charge on any atom is 0.334 e. The highest BCUT2D eigenvalue weighted by Crippen LogP contribution is 2.18. The molecule has 6 nitrogen and oxygen atoms in total. The maximum absolute atomic E-state index is 11.8. The van der Waals surface area contributed by atoms with E-state index in [1.807, 2.05) is 6.92 Å². The second-order valence-electron chi connectivity index (χ2n) is 4.90. The third-order valence-corrected chi connectivity index (χ3v) is 3.04. The van der Waals surface area contributed by atoms with E-state index in [2.05, 4.69) is 5.32 Å². The molecule has 0 bridgehead atoms. The van der Waals surface area contributed by atoms with Gasteiger partial charge in [-0.3, -0.25) is 14.9 Å². The Balaban J connectivity index is 2.01. The number of nitrogens with one attached hydrogen (secondary N) is 1. The van der Waals surface area contributed by atoms with Crippen LogP contribution in [0.25, 0.3) is 0 Å². The van der Waals surface area contributed by atoms with Gasteiger partial charge >= 0.3 is 11.2 Å². The highest BCUT2D eigenvalue weighted by Gasteiger charge is 2.21. The van der Waals surface area contributed by atoms with Crippen molar-refractivity contribution in [3.05, 3.63) is 38.8 Å². The predicted octanol–water partition coefficient (Wildman–Crippen LogP) is 1.14. The minimum atomic E-state index is -0.633. The maximum atomic E-state index is 11.8. The summed E-state index contributed by atoms with van der Waals surface area (Å²) >= 11 is 0. The summed E-state index contributed by atoms with van der Waals surface area (Å²) in [4.78, 5) is 21.8. The van der Waals surface area contributed by atoms with E-state index in [4.69, 9.17) is 0 Å². The van der Waals surface area contributed by atoms with Crippen LogP contribution in [0.15, 0.2) is 23.1 Å². The SMILES string of the molecule is CC(CNC1CC1)Cn1cccc([N+](=O)[O-])c1=O. The van der Waals surface area contributed by atoms with Crippen LogP contribution in [0.4, 0.5) is 5.69 Å². The summed E-state index contributed by atoms with van der Waals surface area (Å²) in [7, 11) is 0. The van der Waals surface area contributed by atoms with Crippen molar-refractivity contribution < 1.29 is 4.92 Å². The van der Waals surface area contributed by atoms with Crippen LogP contribution in [0.2, 0.25) is 0 Å². The third kappa shape index (κ3) is 3.16. The summed E-state index contributed by atoms with van der Waals surface area (Å²) in [5.74, 6) is 0.269. The van der Waals surface area contributed by atoms with Crippen molar-refractivity contribution in [1.29, 1.82) is 0 Å². The second kappa shape index (κ2) is 5.30. The van der Waals surface area contributed by atoms with E-state index in [1.54, 1.807) is 12.3 Å². The molecule has 98 valence electrons. The number of rotatable bonds is 6. The number of hydrogen-bond acceptors (Lipinski definition) is 4. The van der Waals surface area contributed by atoms with Gasteiger partial charge in [-0.2, -0.15) is 0 Å². The molecular formula is C12H17N3O3. The van der Waals surface area contributed by atoms with Crippen LogP contribution < -0.4 is 10.9 Å². The molecule has 1 aliphatic rings. The number of nitro groups is 1. The van der Waals surface area contributed by atoms with E-state index in [1.165, 1.54) is 23.5 Å². The van der Waals surface area contributed by atoms with Gasteiger partial charge in [0.25, 0.3) is 0 Å². The van der Waals surface area contributed by atoms with Gasteiger partial charge in [-0.05, 0) is 31.4 Å². The smallest absolute Gasteiger partial charge is 0.314 e. The van der Waals surface area contributed by atoms with E-state index in [0.29, 0.717) is 12.6 Å². The van der Waals surface area contributed by atoms with Gasteiger partial charge in [0.2, 0.25) is 0 Å². The average molecular weight is 251 g/mol. The molecule has 1 unspecified atom stereocenters. The number of aromatic nitrogens is 1. The van der Waals surface area contributed by atoms with Crippen molar-refractivity contribution in [3.8, 4) is 0 Å². The zero-order valence-electron chi connectivity index (χ0n) is 10.3. The van der Waals surface area contributed by atoms with Gasteiger partial charge < -0.3 is 9.88 Å². The van der Waals surface area contributed by atoms with E-state index < -0.39 is 10.5 Å². The molecule has 2 rings (SSSR count). The van der Waals surface area contributed by atoms with E-state index in [9.17, 15) is 14.9 Å². The Morgan fingerprint density at radius 3 is 2.94 bits per heavy atom. The van der Waals surface area contributed by atoms with Crippen LogP contribution in [-0.2, 0) is 6.54 Å². The molecule has 0 amide bonds. The fourth-order valence-corrected chi connectivity index (χ4v) is 1.86. The molecule has 1 saturated carbocycles. The molecule has 1 aromatic heterocycles. The molecule has 1 heterocycles. The molecule has 1 atom stereocenters. The zero-order valence-corrected chi connectivity index (χ0v) is 10.3. The van der Waals surface area contributed by atoms with Crippen LogP contribution in [0.5, 0.6) is 0 Å². The standard InChI is InChI=1S/C12H17N3O3/c1-9(7-13-10-4-5-10)8-14-6-2-3-11(12(14)16)15(17)18/h2-3,6,9-10,13H,4-5,7-8H2,1H3. The average Bonchev–Trinajstić information content (AvgIpc) is 3.13. The van der Waals surface area contributed by atoms with Crippen molar-refractivity contribution in [2.24, 2.45) is 5.92 Å². The fourth-order valence-electron chi connectivity index (χ4n) is 1.86. The van der Waals surface area contributed by atoms with E-state index in [0.717, 1.165) is 6.54 Å². The van der Waals surface area contributed by atoms with Crippen LogP contribution in [0, 0.1) is 16.0 Å². The molecule has 1 fully saturated rings. The monoisotopic (exact) mass is 251 g/mol. The highest BCUT2D eigenvalue weighted by molar-refractivity contribution is 5.25. The second-order valence-corrected chi connectivity index (χ2v) is 4.90. The Morgan fingerprint density at radius 2 is 2.33 bits per heavy atom. The molecular weight excluding hydrogens is 234 g/mol. The Kier molecular flexibility index (Phi) is 3.76. The normalized spacial score (nSPS) is 16.5. The molecule has 1 N–H and O–H groups in total. The molecule has 0 radical (unpaired) electrons. The van der Waals surface area contributed by atoms with Crippen LogP contribution in [0.1, 0.15) is 19.8 Å². The van der Waals surface area contributed by atoms with Gasteiger partial charge in [-0.15, -0.1) is 0 Å². The summed E-state index contributed by atoms with van der Waals surface area (Å²) in [6.45, 7) is 3.36. The van der Waals surface area contributed by atoms with Gasteiger partial charge in [0, 0.05) is 24.8 Å². The molecule has 0 aliphatic heterocycles. The van der Waals surface area contributed by atoms with Crippen molar-refractivity contribution >= 4 is 5.69 Å². The molecule has 1 aromatic rings. The molecule has 0 spiro atoms. The summed E-state index contributed by atoms with van der Waals surface area (Å²) in [5.41, 5.74) is -0.888. The third-order valence-electron chi connectivity index (χ3n) is 3.04. The Hall–Kier alpha value is -1.69. The Morgan fingerprint density at radius 1 is 1.61 bits per heavy atom. The van der Waals surface area contributed by atoms with Crippen molar-refractivity contribution in [2.45, 2.75) is 32.4 Å². The Labute approximate surface area is 105 Å². The molecule has 1 aliphatic carbocycles. The largest absolute Gasteiger partial charge is 0.334 e. The summed E-state index contributed by atoms with van der Waals surface area (Å²) < 4.78 is 1.41. The van der Waals surface area contributed by atoms with Gasteiger partial charge in [0.15, 0.2) is 0 Å². The zero-order chi connectivity index (χ0) is 13.1. The van der Waals surface area contributed by atoms with Gasteiger partial charge in [-0.25, -0.2) is 0 Å². The molecule has 18 heavy (non-hydrogen) atoms. The summed E-state index contributed by atoms with van der Waals surface area (Å²) in [6, 6.07) is 3.42. The van der Waals surface area contributed by atoms with Crippen LogP contribution in [0.3, 0.4) is 0 Å². The van der Waals surface area contributed by atoms with E-state index in [-0.39, 0.29) is 11.6 Å². The van der Waals surface area contributed by atoms with E-state index >= 15 is 0 Å². The molecule has 0 aromatic carbocycles. The lowest BCUT2D eigenvalue weighted by Crippen LogP contribution is -2.30. The first-order valence-electron chi connectivity index (χ1n) is 6.15. The lowest BCUT2D eigenvalue weighted by molar-refractivity contribution is -0.386. The van der Waals surface area contributed by atoms with Crippen molar-refractivity contribution in [3.63, 3.8) is 0 Å². The minimum absolute atomic E-state index is 0.269. The fraction of sp³-hybridized carbons (Fsp3) is 0.583. The van der Waals surface area contributed by atoms with Gasteiger partial charge in [-0.1, -0.05) is 6.92 Å². The Bertz CT molecular complexity index is 494. The lowest BCUT2D eigenvalue weighted by atomic mass is 10.2. The summed E-state index contributed by atoms with van der Waals surface area (Å²) in [5, 5.41) is 14.0. The number of pyridine rings is 1. The van der Waals surface area contributed by atoms with Crippen molar-refractivity contribution in [1.82, 2.24) is 9.88 Å². The molecule has 6 heteroatoms. The van der Waals surface area contributed by atoms with Crippen molar-refractivity contribution in [2.75, 3.05) is 6.54 Å². The highest BCUT2D eigenvalue weighted by atomic mass is 16.6. The molecule has 0 saturated heterocycles. The quantitative estimate of drug-likeness (QED) is 0.607. The van der Waals surface area contributed by atoms with Crippen LogP contribution >= 0.6 is 0 Å². The van der Waals surface area contributed by atoms with Gasteiger partial charge in [0.1, 0.15) is 0 Å². The minimum Gasteiger partial charge on any atom is -0.314 e. The lowest BCUT2D eigenvalue weighted by Gasteiger charge is -2.13. The first-order valence-corrected chi connectivity index (χ1v) is 6.15.